The summed E-state index contributed by atoms with van der Waals surface area (Å²) < 4.78 is 10.3. The Morgan fingerprint density at radius 1 is 1.55 bits per heavy atom. The van der Waals surface area contributed by atoms with Crippen molar-refractivity contribution in [2.45, 2.75) is 31.6 Å². The number of hydrogen-bond acceptors (Lipinski definition) is 6. The molecule has 1 amide bonds. The number of nitrogens with two attached hydrogens (primary N) is 1. The van der Waals surface area contributed by atoms with Gasteiger partial charge in [0.1, 0.15) is 5.54 Å². The summed E-state index contributed by atoms with van der Waals surface area (Å²) in [6.45, 7) is 1.89. The third-order valence-corrected chi connectivity index (χ3v) is 4.10. The van der Waals surface area contributed by atoms with Crippen molar-refractivity contribution < 1.29 is 53.7 Å². The van der Waals surface area contributed by atoms with Crippen molar-refractivity contribution in [2.24, 2.45) is 17.6 Å². The van der Waals surface area contributed by atoms with Crippen LogP contribution in [0.3, 0.4) is 0 Å². The number of carboxylic acid groups (broad SMARTS) is 1. The molecule has 0 spiro atoms. The maximum Gasteiger partial charge on any atom is 1.00 e. The molecule has 1 aliphatic carbocycles. The van der Waals surface area contributed by atoms with Crippen LogP contribution in [0.4, 0.5) is 4.79 Å². The van der Waals surface area contributed by atoms with Crippen molar-refractivity contribution in [3.8, 4) is 0 Å². The number of carbonyl (C=O) groups is 2. The molecule has 1 fully saturated rings. The van der Waals surface area contributed by atoms with Crippen molar-refractivity contribution >= 4 is 12.1 Å². The number of carbonyl (C=O) groups excluding carboxylic acids is 2. The van der Waals surface area contributed by atoms with Crippen LogP contribution < -0.4 is 45.7 Å². The molecule has 2 rings (SSSR count). The van der Waals surface area contributed by atoms with E-state index in [0.29, 0.717) is 6.42 Å². The molecular weight excluding hydrogens is 275 g/mol. The quantitative estimate of drug-likeness (QED) is 0.503. The molecule has 1 saturated carbocycles. The summed E-state index contributed by atoms with van der Waals surface area (Å²) in [6, 6.07) is 0. The predicted molar refractivity (Wildman–Crippen MR) is 62.3 cm³/mol. The Morgan fingerprint density at radius 2 is 2.20 bits per heavy atom. The van der Waals surface area contributed by atoms with Gasteiger partial charge in [-0.25, -0.2) is 4.79 Å². The van der Waals surface area contributed by atoms with E-state index in [2.05, 4.69) is 5.32 Å². The number of carboxylic acids is 1. The molecule has 20 heavy (non-hydrogen) atoms. The van der Waals surface area contributed by atoms with Crippen molar-refractivity contribution in [3.63, 3.8) is 0 Å². The molecule has 8 heteroatoms. The first-order valence-corrected chi connectivity index (χ1v) is 6.15. The largest absolute Gasteiger partial charge is 1.00 e. The molecule has 0 radical (unpaired) electrons. The summed E-state index contributed by atoms with van der Waals surface area (Å²) in [5.41, 5.74) is 5.31. The van der Waals surface area contributed by atoms with Gasteiger partial charge in [0.05, 0.1) is 12.2 Å². The standard InChI is InChI=1S/C12H18N2O5.Na/c1-6-3-4-8-7(9(15)16)5-18-10(12(6,8)13)19-11(17)14-2;/h5-6,8,10H,3-4,13H2,1-2H3,(H,14,17)(H,15,16);/q;+1/p-1/t6-,8?,10?,12?;/m1./s1. The van der Waals surface area contributed by atoms with Crippen LogP contribution in [-0.2, 0) is 14.3 Å². The Balaban J connectivity index is 0.00000200. The molecule has 0 bridgehead atoms. The van der Waals surface area contributed by atoms with Gasteiger partial charge in [0.2, 0.25) is 0 Å². The van der Waals surface area contributed by atoms with E-state index < -0.39 is 29.8 Å². The number of aliphatic carboxylic acids is 1. The summed E-state index contributed by atoms with van der Waals surface area (Å²) in [4.78, 5) is 22.4. The topological polar surface area (TPSA) is 114 Å². The Labute approximate surface area is 139 Å². The van der Waals surface area contributed by atoms with Crippen LogP contribution in [0.1, 0.15) is 19.8 Å². The predicted octanol–water partition coefficient (Wildman–Crippen LogP) is -3.92. The van der Waals surface area contributed by atoms with Gasteiger partial charge in [0.25, 0.3) is 6.29 Å². The number of ether oxygens (including phenoxy) is 2. The SMILES string of the molecule is CNC(=O)OC1OC=C(C(=O)[O-])C2CC[C@@H](C)C12N.[Na+]. The Hall–Kier alpha value is -0.760. The molecule has 0 saturated heterocycles. The monoisotopic (exact) mass is 292 g/mol. The van der Waals surface area contributed by atoms with Crippen LogP contribution >= 0.6 is 0 Å². The maximum atomic E-state index is 11.3. The summed E-state index contributed by atoms with van der Waals surface area (Å²) >= 11 is 0. The van der Waals surface area contributed by atoms with Gasteiger partial charge in [-0.05, 0) is 18.8 Å². The second-order valence-electron chi connectivity index (χ2n) is 5.01. The molecule has 3 N–H and O–H groups in total. The van der Waals surface area contributed by atoms with Crippen LogP contribution in [-0.4, -0.2) is 30.9 Å². The van der Waals surface area contributed by atoms with Crippen molar-refractivity contribution in [1.29, 1.82) is 0 Å². The molecule has 0 aromatic heterocycles. The van der Waals surface area contributed by atoms with Crippen LogP contribution in [0.15, 0.2) is 11.8 Å². The van der Waals surface area contributed by atoms with Gasteiger partial charge in [-0.2, -0.15) is 0 Å². The molecule has 1 heterocycles. The second kappa shape index (κ2) is 6.34. The summed E-state index contributed by atoms with van der Waals surface area (Å²) in [5.74, 6) is -1.77. The van der Waals surface area contributed by atoms with Gasteiger partial charge in [0, 0.05) is 18.5 Å². The third kappa shape index (κ3) is 2.67. The molecule has 2 aliphatic rings. The average molecular weight is 292 g/mol. The van der Waals surface area contributed by atoms with Crippen LogP contribution in [0.5, 0.6) is 0 Å². The summed E-state index contributed by atoms with van der Waals surface area (Å²) in [7, 11) is 1.42. The molecule has 0 aromatic rings. The van der Waals surface area contributed by atoms with Crippen molar-refractivity contribution in [2.75, 3.05) is 7.05 Å². The van der Waals surface area contributed by atoms with Crippen LogP contribution in [0.2, 0.25) is 0 Å². The normalized spacial score (nSPS) is 35.0. The number of hydrogen-bond donors (Lipinski definition) is 2. The number of alkyl carbamates (subject to hydrolysis) is 1. The molecule has 7 nitrogen and oxygen atoms in total. The van der Waals surface area contributed by atoms with Crippen molar-refractivity contribution in [3.05, 3.63) is 11.8 Å². The van der Waals surface area contributed by atoms with E-state index in [1.165, 1.54) is 7.05 Å². The van der Waals surface area contributed by atoms with E-state index >= 15 is 0 Å². The molecular formula is C12H17N2NaO5. The van der Waals surface area contributed by atoms with E-state index in [1.807, 2.05) is 6.92 Å². The Bertz CT molecular complexity index is 442. The fourth-order valence-electron chi connectivity index (χ4n) is 2.89. The van der Waals surface area contributed by atoms with Crippen LogP contribution in [0, 0.1) is 11.8 Å². The van der Waals surface area contributed by atoms with Crippen molar-refractivity contribution in [1.82, 2.24) is 5.32 Å². The zero-order valence-corrected chi connectivity index (χ0v) is 13.8. The van der Waals surface area contributed by atoms with Gasteiger partial charge in [-0.1, -0.05) is 6.92 Å². The fourth-order valence-corrected chi connectivity index (χ4v) is 2.89. The summed E-state index contributed by atoms with van der Waals surface area (Å²) in [5, 5.41) is 13.4. The first-order valence-electron chi connectivity index (χ1n) is 6.15. The Kier molecular flexibility index (Phi) is 5.48. The number of nitrogens with one attached hydrogen (secondary N) is 1. The zero-order valence-electron chi connectivity index (χ0n) is 11.8. The third-order valence-electron chi connectivity index (χ3n) is 4.10. The van der Waals surface area contributed by atoms with Crippen LogP contribution in [0.25, 0.3) is 0 Å². The van der Waals surface area contributed by atoms with Gasteiger partial charge < -0.3 is 30.4 Å². The van der Waals surface area contributed by atoms with E-state index in [9.17, 15) is 14.7 Å². The smallest absolute Gasteiger partial charge is 0.545 e. The average Bonchev–Trinajstić information content (AvgIpc) is 2.67. The summed E-state index contributed by atoms with van der Waals surface area (Å²) in [6.07, 6.45) is 0.754. The minimum Gasteiger partial charge on any atom is -0.545 e. The fraction of sp³-hybridized carbons (Fsp3) is 0.667. The van der Waals surface area contributed by atoms with Gasteiger partial charge in [-0.15, -0.1) is 0 Å². The van der Waals surface area contributed by atoms with E-state index in [-0.39, 0.29) is 41.0 Å². The molecule has 4 atom stereocenters. The number of amides is 1. The molecule has 0 aromatic carbocycles. The Morgan fingerprint density at radius 3 is 2.75 bits per heavy atom. The first-order chi connectivity index (χ1) is 8.91. The second-order valence-corrected chi connectivity index (χ2v) is 5.01. The van der Waals surface area contributed by atoms with E-state index in [0.717, 1.165) is 12.7 Å². The first kappa shape index (κ1) is 17.3. The minimum atomic E-state index is -1.30. The van der Waals surface area contributed by atoms with Gasteiger partial charge in [0.15, 0.2) is 0 Å². The number of rotatable bonds is 2. The zero-order chi connectivity index (χ0) is 14.2. The maximum absolute atomic E-state index is 11.3. The van der Waals surface area contributed by atoms with E-state index in [1.54, 1.807) is 0 Å². The van der Waals surface area contributed by atoms with Gasteiger partial charge in [-0.3, -0.25) is 0 Å². The molecule has 106 valence electrons. The molecule has 3 unspecified atom stereocenters. The molecule has 1 aliphatic heterocycles. The van der Waals surface area contributed by atoms with Gasteiger partial charge >= 0.3 is 35.7 Å². The minimum absolute atomic E-state index is 0. The number of fused-ring (bicyclic) bond motifs is 1. The van der Waals surface area contributed by atoms with E-state index in [4.69, 9.17) is 15.2 Å².